The van der Waals surface area contributed by atoms with Gasteiger partial charge in [-0.1, -0.05) is 30.3 Å². The van der Waals surface area contributed by atoms with E-state index in [1.54, 1.807) is 24.3 Å². The van der Waals surface area contributed by atoms with E-state index in [4.69, 9.17) is 0 Å². The third-order valence-corrected chi connectivity index (χ3v) is 3.87. The summed E-state index contributed by atoms with van der Waals surface area (Å²) in [5.41, 5.74) is 2.61. The van der Waals surface area contributed by atoms with Crippen LogP contribution in [0, 0.1) is 0 Å². The molecule has 1 aromatic heterocycles. The fourth-order valence-corrected chi connectivity index (χ4v) is 2.63. The fraction of sp³-hybridized carbons (Fsp3) is 0.211. The van der Waals surface area contributed by atoms with Gasteiger partial charge in [0.25, 0.3) is 5.91 Å². The van der Waals surface area contributed by atoms with Crippen LogP contribution in [0.15, 0.2) is 54.6 Å². The summed E-state index contributed by atoms with van der Waals surface area (Å²) in [6.07, 6.45) is 3.02. The van der Waals surface area contributed by atoms with Gasteiger partial charge in [-0.25, -0.2) is 0 Å². The molecular weight excluding hydrogens is 288 g/mol. The van der Waals surface area contributed by atoms with Crippen LogP contribution >= 0.6 is 0 Å². The van der Waals surface area contributed by atoms with Crippen molar-refractivity contribution in [3.63, 3.8) is 0 Å². The number of carbonyl (C=O) groups is 1. The van der Waals surface area contributed by atoms with Gasteiger partial charge < -0.3 is 15.4 Å². The van der Waals surface area contributed by atoms with Gasteiger partial charge in [0, 0.05) is 23.5 Å². The van der Waals surface area contributed by atoms with E-state index in [0.29, 0.717) is 12.2 Å². The zero-order valence-corrected chi connectivity index (χ0v) is 12.9. The minimum atomic E-state index is -0.111. The molecule has 0 fully saturated rings. The highest BCUT2D eigenvalue weighted by atomic mass is 16.3. The summed E-state index contributed by atoms with van der Waals surface area (Å²) in [7, 11) is 0. The van der Waals surface area contributed by atoms with Crippen molar-refractivity contribution >= 4 is 16.8 Å². The van der Waals surface area contributed by atoms with E-state index in [-0.39, 0.29) is 11.7 Å². The molecule has 4 nitrogen and oxygen atoms in total. The van der Waals surface area contributed by atoms with E-state index >= 15 is 0 Å². The molecule has 4 heteroatoms. The molecule has 0 aliphatic heterocycles. The first-order chi connectivity index (χ1) is 11.2. The molecule has 0 spiro atoms. The molecule has 1 heterocycles. The van der Waals surface area contributed by atoms with Gasteiger partial charge in [-0.2, -0.15) is 0 Å². The Bertz CT molecular complexity index is 793. The molecular formula is C19H20N2O2. The number of hydrogen-bond acceptors (Lipinski definition) is 2. The summed E-state index contributed by atoms with van der Waals surface area (Å²) >= 11 is 0. The molecule has 0 radical (unpaired) electrons. The van der Waals surface area contributed by atoms with E-state index < -0.39 is 0 Å². The van der Waals surface area contributed by atoms with Crippen molar-refractivity contribution < 1.29 is 9.90 Å². The smallest absolute Gasteiger partial charge is 0.267 e. The van der Waals surface area contributed by atoms with Crippen LogP contribution in [0.5, 0.6) is 5.75 Å². The molecule has 0 atom stereocenters. The maximum atomic E-state index is 12.1. The van der Waals surface area contributed by atoms with Gasteiger partial charge in [-0.15, -0.1) is 0 Å². The van der Waals surface area contributed by atoms with Crippen molar-refractivity contribution in [1.29, 1.82) is 0 Å². The van der Waals surface area contributed by atoms with Crippen LogP contribution in [-0.2, 0) is 6.42 Å². The van der Waals surface area contributed by atoms with Crippen LogP contribution in [0.4, 0.5) is 0 Å². The summed E-state index contributed by atoms with van der Waals surface area (Å²) in [4.78, 5) is 15.2. The molecule has 3 rings (SSSR count). The summed E-state index contributed by atoms with van der Waals surface area (Å²) in [5, 5.41) is 13.3. The monoisotopic (exact) mass is 308 g/mol. The van der Waals surface area contributed by atoms with Crippen LogP contribution in [-0.4, -0.2) is 22.5 Å². The number of benzene rings is 2. The van der Waals surface area contributed by atoms with E-state index in [1.165, 1.54) is 5.56 Å². The molecule has 1 amide bonds. The van der Waals surface area contributed by atoms with Crippen LogP contribution in [0.25, 0.3) is 10.9 Å². The highest BCUT2D eigenvalue weighted by molar-refractivity contribution is 5.98. The highest BCUT2D eigenvalue weighted by Gasteiger charge is 2.09. The number of nitrogens with one attached hydrogen (secondary N) is 2. The average molecular weight is 308 g/mol. The Morgan fingerprint density at radius 3 is 2.70 bits per heavy atom. The van der Waals surface area contributed by atoms with Gasteiger partial charge in [-0.05, 0) is 43.0 Å². The van der Waals surface area contributed by atoms with E-state index in [0.717, 1.165) is 30.2 Å². The van der Waals surface area contributed by atoms with Gasteiger partial charge in [0.05, 0.1) is 0 Å². The zero-order valence-electron chi connectivity index (χ0n) is 12.9. The second kappa shape index (κ2) is 7.01. The molecule has 23 heavy (non-hydrogen) atoms. The predicted octanol–water partition coefficient (Wildman–Crippen LogP) is 3.63. The topological polar surface area (TPSA) is 65.1 Å². The normalized spacial score (nSPS) is 10.8. The number of amides is 1. The van der Waals surface area contributed by atoms with Gasteiger partial charge in [0.15, 0.2) is 0 Å². The van der Waals surface area contributed by atoms with E-state index in [2.05, 4.69) is 22.4 Å². The Morgan fingerprint density at radius 2 is 1.87 bits per heavy atom. The molecule has 0 aliphatic carbocycles. The molecule has 0 saturated heterocycles. The van der Waals surface area contributed by atoms with Crippen molar-refractivity contribution in [2.75, 3.05) is 6.54 Å². The second-order valence-electron chi connectivity index (χ2n) is 5.65. The number of rotatable bonds is 6. The van der Waals surface area contributed by atoms with Crippen LogP contribution in [0.3, 0.4) is 0 Å². The van der Waals surface area contributed by atoms with Crippen molar-refractivity contribution in [2.45, 2.75) is 19.3 Å². The Labute approximate surface area is 135 Å². The largest absolute Gasteiger partial charge is 0.508 e. The lowest BCUT2D eigenvalue weighted by molar-refractivity contribution is 0.0949. The summed E-state index contributed by atoms with van der Waals surface area (Å²) < 4.78 is 0. The lowest BCUT2D eigenvalue weighted by Gasteiger charge is -2.04. The van der Waals surface area contributed by atoms with Crippen LogP contribution < -0.4 is 5.32 Å². The minimum Gasteiger partial charge on any atom is -0.508 e. The third kappa shape index (κ3) is 3.92. The summed E-state index contributed by atoms with van der Waals surface area (Å²) in [5.74, 6) is 0.0765. The molecule has 0 bridgehead atoms. The number of phenols is 1. The Hall–Kier alpha value is -2.75. The number of unbranched alkanes of at least 4 members (excludes halogenated alkanes) is 1. The number of carbonyl (C=O) groups excluding carboxylic acids is 1. The molecule has 2 aromatic carbocycles. The first kappa shape index (κ1) is 15.2. The quantitative estimate of drug-likeness (QED) is 0.609. The maximum absolute atomic E-state index is 12.1. The number of aromatic nitrogens is 1. The van der Waals surface area contributed by atoms with Crippen LogP contribution in [0.1, 0.15) is 28.9 Å². The van der Waals surface area contributed by atoms with Crippen molar-refractivity contribution in [2.24, 2.45) is 0 Å². The summed E-state index contributed by atoms with van der Waals surface area (Å²) in [6, 6.07) is 17.2. The fourth-order valence-electron chi connectivity index (χ4n) is 2.63. The molecule has 3 N–H and O–H groups in total. The third-order valence-electron chi connectivity index (χ3n) is 3.87. The predicted molar refractivity (Wildman–Crippen MR) is 91.7 cm³/mol. The van der Waals surface area contributed by atoms with E-state index in [9.17, 15) is 9.90 Å². The van der Waals surface area contributed by atoms with Crippen molar-refractivity contribution in [3.8, 4) is 5.75 Å². The zero-order chi connectivity index (χ0) is 16.1. The molecule has 3 aromatic rings. The summed E-state index contributed by atoms with van der Waals surface area (Å²) in [6.45, 7) is 0.659. The number of aryl methyl sites for hydroxylation is 1. The standard InChI is InChI=1S/C19H20N2O2/c22-16-10-9-15-12-18(21-17(15)13-16)19(23)20-11-5-4-8-14-6-2-1-3-7-14/h1-3,6-7,9-10,12-13,21-22H,4-5,8,11H2,(H,20,23). The lowest BCUT2D eigenvalue weighted by atomic mass is 10.1. The van der Waals surface area contributed by atoms with Gasteiger partial charge in [0.1, 0.15) is 11.4 Å². The number of aromatic amines is 1. The van der Waals surface area contributed by atoms with Gasteiger partial charge in [-0.3, -0.25) is 4.79 Å². The van der Waals surface area contributed by atoms with E-state index in [1.807, 2.05) is 18.2 Å². The molecule has 0 saturated carbocycles. The Balaban J connectivity index is 1.47. The lowest BCUT2D eigenvalue weighted by Crippen LogP contribution is -2.24. The number of hydrogen-bond donors (Lipinski definition) is 3. The number of phenolic OH excluding ortho intramolecular Hbond substituents is 1. The SMILES string of the molecule is O=C(NCCCCc1ccccc1)c1cc2ccc(O)cc2[nH]1. The Morgan fingerprint density at radius 1 is 1.04 bits per heavy atom. The highest BCUT2D eigenvalue weighted by Crippen LogP contribution is 2.20. The maximum Gasteiger partial charge on any atom is 0.267 e. The van der Waals surface area contributed by atoms with Crippen LogP contribution in [0.2, 0.25) is 0 Å². The first-order valence-electron chi connectivity index (χ1n) is 7.86. The molecule has 0 unspecified atom stereocenters. The average Bonchev–Trinajstić information content (AvgIpc) is 2.98. The van der Waals surface area contributed by atoms with Gasteiger partial charge >= 0.3 is 0 Å². The Kier molecular flexibility index (Phi) is 4.62. The number of H-pyrrole nitrogens is 1. The number of aromatic hydroxyl groups is 1. The number of fused-ring (bicyclic) bond motifs is 1. The van der Waals surface area contributed by atoms with Gasteiger partial charge in [0.2, 0.25) is 0 Å². The van der Waals surface area contributed by atoms with Crippen molar-refractivity contribution in [1.82, 2.24) is 10.3 Å². The van der Waals surface area contributed by atoms with Crippen molar-refractivity contribution in [3.05, 3.63) is 65.9 Å². The molecule has 0 aliphatic rings. The second-order valence-corrected chi connectivity index (χ2v) is 5.65. The molecule has 118 valence electrons. The minimum absolute atomic E-state index is 0.111. The first-order valence-corrected chi connectivity index (χ1v) is 7.86.